The highest BCUT2D eigenvalue weighted by Crippen LogP contribution is 2.37. The number of carbonyl (C=O) groups is 2. The molecule has 0 spiro atoms. The number of hydrogen-bond acceptors (Lipinski definition) is 7. The van der Waals surface area contributed by atoms with Gasteiger partial charge < -0.3 is 9.47 Å². The van der Waals surface area contributed by atoms with Crippen LogP contribution in [0.1, 0.15) is 26.3 Å². The Morgan fingerprint density at radius 3 is 2.28 bits per heavy atom. The molecule has 2 heterocycles. The van der Waals surface area contributed by atoms with Gasteiger partial charge in [0.15, 0.2) is 11.5 Å². The number of hydrazone groups is 1. The molecule has 0 aromatic heterocycles. The van der Waals surface area contributed by atoms with E-state index in [1.54, 1.807) is 12.1 Å². The number of amides is 2. The number of nitro groups is 1. The number of rotatable bonds is 3. The van der Waals surface area contributed by atoms with Gasteiger partial charge in [-0.3, -0.25) is 19.7 Å². The van der Waals surface area contributed by atoms with Crippen LogP contribution in [-0.4, -0.2) is 34.8 Å². The van der Waals surface area contributed by atoms with Crippen molar-refractivity contribution in [3.8, 4) is 11.5 Å². The summed E-state index contributed by atoms with van der Waals surface area (Å²) in [6, 6.07) is 8.91. The summed E-state index contributed by atoms with van der Waals surface area (Å²) in [6.45, 7) is -0.0362. The highest BCUT2D eigenvalue weighted by Gasteiger charge is 2.35. The van der Waals surface area contributed by atoms with Crippen molar-refractivity contribution >= 4 is 23.7 Å². The molecule has 0 N–H and O–H groups in total. The van der Waals surface area contributed by atoms with E-state index in [9.17, 15) is 19.7 Å². The normalized spacial score (nSPS) is 15.1. The van der Waals surface area contributed by atoms with Crippen LogP contribution in [-0.2, 0) is 0 Å². The molecule has 9 nitrogen and oxygen atoms in total. The fraction of sp³-hybridized carbons (Fsp3) is 0.0625. The molecule has 0 aliphatic carbocycles. The molecule has 0 fully saturated rings. The van der Waals surface area contributed by atoms with Gasteiger partial charge in [0.05, 0.1) is 33.9 Å². The van der Waals surface area contributed by atoms with Crippen LogP contribution in [0.15, 0.2) is 41.5 Å². The SMILES string of the molecule is O=C1c2ccccc2C(=O)N1/N=C/c1cc2c(cc1[N+](=O)[O-])OCO2. The predicted octanol–water partition coefficient (Wildman–Crippen LogP) is 1.95. The van der Waals surface area contributed by atoms with E-state index in [0.29, 0.717) is 10.8 Å². The summed E-state index contributed by atoms with van der Waals surface area (Å²) < 4.78 is 10.3. The smallest absolute Gasteiger partial charge is 0.282 e. The molecule has 2 aromatic carbocycles. The topological polar surface area (TPSA) is 111 Å². The maximum atomic E-state index is 12.2. The maximum Gasteiger partial charge on any atom is 0.282 e. The molecular formula is C16H9N3O6. The highest BCUT2D eigenvalue weighted by atomic mass is 16.7. The van der Waals surface area contributed by atoms with E-state index >= 15 is 0 Å². The zero-order valence-electron chi connectivity index (χ0n) is 12.5. The van der Waals surface area contributed by atoms with E-state index in [0.717, 1.165) is 6.21 Å². The van der Waals surface area contributed by atoms with Crippen molar-refractivity contribution in [1.29, 1.82) is 0 Å². The minimum absolute atomic E-state index is 0.0362. The van der Waals surface area contributed by atoms with Crippen molar-refractivity contribution in [2.24, 2.45) is 5.10 Å². The third-order valence-electron chi connectivity index (χ3n) is 3.80. The minimum atomic E-state index is -0.605. The van der Waals surface area contributed by atoms with Gasteiger partial charge in [0.25, 0.3) is 17.5 Å². The fourth-order valence-corrected chi connectivity index (χ4v) is 2.61. The monoisotopic (exact) mass is 339 g/mol. The Balaban J connectivity index is 1.71. The molecule has 9 heteroatoms. The van der Waals surface area contributed by atoms with Crippen LogP contribution in [0.2, 0.25) is 0 Å². The molecule has 0 atom stereocenters. The number of fused-ring (bicyclic) bond motifs is 2. The second kappa shape index (κ2) is 5.41. The van der Waals surface area contributed by atoms with Gasteiger partial charge in [-0.15, -0.1) is 0 Å². The summed E-state index contributed by atoms with van der Waals surface area (Å²) in [6.07, 6.45) is 1.09. The van der Waals surface area contributed by atoms with Crippen molar-refractivity contribution in [2.45, 2.75) is 0 Å². The van der Waals surface area contributed by atoms with E-state index in [2.05, 4.69) is 5.10 Å². The first kappa shape index (κ1) is 14.8. The average molecular weight is 339 g/mol. The Kier molecular flexibility index (Phi) is 3.21. The second-order valence-corrected chi connectivity index (χ2v) is 5.23. The van der Waals surface area contributed by atoms with Crippen LogP contribution in [0.3, 0.4) is 0 Å². The molecule has 124 valence electrons. The zero-order valence-corrected chi connectivity index (χ0v) is 12.5. The zero-order chi connectivity index (χ0) is 17.6. The number of nitrogens with zero attached hydrogens (tertiary/aromatic N) is 3. The third kappa shape index (κ3) is 2.29. The standard InChI is InChI=1S/C16H9N3O6/c20-15-10-3-1-2-4-11(10)16(21)18(15)17-7-9-5-13-14(25-8-24-13)6-12(9)19(22)23/h1-7H,8H2/b17-7+. The van der Waals surface area contributed by atoms with Gasteiger partial charge >= 0.3 is 0 Å². The predicted molar refractivity (Wildman–Crippen MR) is 83.8 cm³/mol. The molecule has 2 aliphatic rings. The summed E-state index contributed by atoms with van der Waals surface area (Å²) in [7, 11) is 0. The number of imide groups is 1. The number of ether oxygens (including phenoxy) is 2. The molecule has 4 rings (SSSR count). The van der Waals surface area contributed by atoms with Gasteiger partial charge in [0.2, 0.25) is 6.79 Å². The Bertz CT molecular complexity index is 933. The van der Waals surface area contributed by atoms with Crippen LogP contribution in [0.4, 0.5) is 5.69 Å². The molecule has 0 radical (unpaired) electrons. The summed E-state index contributed by atoms with van der Waals surface area (Å²) in [5.74, 6) is -0.584. The van der Waals surface area contributed by atoms with Crippen molar-refractivity contribution in [3.05, 3.63) is 63.2 Å². The lowest BCUT2D eigenvalue weighted by Crippen LogP contribution is -2.24. The lowest BCUT2D eigenvalue weighted by Gasteiger charge is -2.06. The van der Waals surface area contributed by atoms with Gasteiger partial charge in [-0.2, -0.15) is 10.1 Å². The summed E-state index contributed by atoms with van der Waals surface area (Å²) in [5, 5.41) is 15.8. The number of hydrogen-bond donors (Lipinski definition) is 0. The maximum absolute atomic E-state index is 12.2. The van der Waals surface area contributed by atoms with Crippen molar-refractivity contribution in [2.75, 3.05) is 6.79 Å². The number of carbonyl (C=O) groups excluding carboxylic acids is 2. The Labute approximate surface area is 140 Å². The van der Waals surface area contributed by atoms with Crippen LogP contribution in [0, 0.1) is 10.1 Å². The van der Waals surface area contributed by atoms with Crippen molar-refractivity contribution in [1.82, 2.24) is 5.01 Å². The third-order valence-corrected chi connectivity index (χ3v) is 3.80. The molecule has 2 amide bonds. The van der Waals surface area contributed by atoms with Gasteiger partial charge in [-0.05, 0) is 18.2 Å². The van der Waals surface area contributed by atoms with E-state index in [1.165, 1.54) is 24.3 Å². The number of benzene rings is 2. The minimum Gasteiger partial charge on any atom is -0.454 e. The Morgan fingerprint density at radius 1 is 1.08 bits per heavy atom. The van der Waals surface area contributed by atoms with E-state index in [1.807, 2.05) is 0 Å². The van der Waals surface area contributed by atoms with Crippen LogP contribution in [0.5, 0.6) is 11.5 Å². The molecule has 25 heavy (non-hydrogen) atoms. The number of nitro benzene ring substituents is 1. The Morgan fingerprint density at radius 2 is 1.68 bits per heavy atom. The summed E-state index contributed by atoms with van der Waals surface area (Å²) in [5.41, 5.74) is 0.296. The molecule has 2 aliphatic heterocycles. The first-order valence-electron chi connectivity index (χ1n) is 7.16. The van der Waals surface area contributed by atoms with E-state index in [4.69, 9.17) is 9.47 Å². The fourth-order valence-electron chi connectivity index (χ4n) is 2.61. The van der Waals surface area contributed by atoms with E-state index in [-0.39, 0.29) is 34.9 Å². The van der Waals surface area contributed by atoms with E-state index < -0.39 is 16.7 Å². The summed E-state index contributed by atoms with van der Waals surface area (Å²) >= 11 is 0. The first-order valence-corrected chi connectivity index (χ1v) is 7.16. The van der Waals surface area contributed by atoms with Crippen LogP contribution < -0.4 is 9.47 Å². The lowest BCUT2D eigenvalue weighted by molar-refractivity contribution is -0.385. The molecule has 0 unspecified atom stereocenters. The quantitative estimate of drug-likeness (QED) is 0.366. The van der Waals surface area contributed by atoms with Crippen LogP contribution >= 0.6 is 0 Å². The van der Waals surface area contributed by atoms with Gasteiger partial charge in [0.1, 0.15) is 0 Å². The van der Waals surface area contributed by atoms with Crippen molar-refractivity contribution in [3.63, 3.8) is 0 Å². The first-order chi connectivity index (χ1) is 12.1. The van der Waals surface area contributed by atoms with Gasteiger partial charge in [0, 0.05) is 0 Å². The Hall–Kier alpha value is -3.75. The van der Waals surface area contributed by atoms with Crippen molar-refractivity contribution < 1.29 is 24.0 Å². The summed E-state index contributed by atoms with van der Waals surface area (Å²) in [4.78, 5) is 35.1. The molecule has 0 saturated heterocycles. The molecular weight excluding hydrogens is 330 g/mol. The second-order valence-electron chi connectivity index (χ2n) is 5.23. The molecule has 2 aromatic rings. The lowest BCUT2D eigenvalue weighted by atomic mass is 10.1. The average Bonchev–Trinajstić information content (AvgIpc) is 3.16. The largest absolute Gasteiger partial charge is 0.454 e. The van der Waals surface area contributed by atoms with Gasteiger partial charge in [-0.1, -0.05) is 12.1 Å². The highest BCUT2D eigenvalue weighted by molar-refractivity contribution is 6.21. The van der Waals surface area contributed by atoms with Gasteiger partial charge in [-0.25, -0.2) is 0 Å². The molecule has 0 saturated carbocycles. The van der Waals surface area contributed by atoms with Crippen LogP contribution in [0.25, 0.3) is 0 Å². The molecule has 0 bridgehead atoms.